The number of hydrogen-bond donors (Lipinski definition) is 1. The Morgan fingerprint density at radius 3 is 2.28 bits per heavy atom. The normalized spacial score (nSPS) is 15.0. The summed E-state index contributed by atoms with van der Waals surface area (Å²) < 4.78 is 5.73. The smallest absolute Gasteiger partial charge is 0.326 e. The van der Waals surface area contributed by atoms with Crippen molar-refractivity contribution in [1.82, 2.24) is 5.32 Å². The molecular formula is C28H28N2O2. The predicted molar refractivity (Wildman–Crippen MR) is 125 cm³/mol. The molecule has 0 atom stereocenters. The lowest BCUT2D eigenvalue weighted by molar-refractivity contribution is -0.155. The monoisotopic (exact) mass is 424 g/mol. The Balaban J connectivity index is 1.47. The minimum absolute atomic E-state index is 0.178. The minimum Gasteiger partial charge on any atom is -0.459 e. The molecule has 1 fully saturated rings. The van der Waals surface area contributed by atoms with Crippen LogP contribution in [0.4, 0.5) is 0 Å². The fourth-order valence-electron chi connectivity index (χ4n) is 4.40. The maximum atomic E-state index is 13.1. The lowest BCUT2D eigenvalue weighted by Gasteiger charge is -2.36. The van der Waals surface area contributed by atoms with E-state index in [-0.39, 0.29) is 12.6 Å². The molecule has 1 aliphatic rings. The molecule has 4 nitrogen and oxygen atoms in total. The quantitative estimate of drug-likeness (QED) is 0.490. The summed E-state index contributed by atoms with van der Waals surface area (Å²) in [6.45, 7) is 0.803. The number of rotatable bonds is 7. The molecule has 1 N–H and O–H groups in total. The Morgan fingerprint density at radius 1 is 0.906 bits per heavy atom. The highest BCUT2D eigenvalue weighted by Gasteiger charge is 2.40. The van der Waals surface area contributed by atoms with Crippen molar-refractivity contribution >= 4 is 5.97 Å². The minimum atomic E-state index is -0.669. The Bertz CT molecular complexity index is 1080. The number of esters is 1. The van der Waals surface area contributed by atoms with Gasteiger partial charge in [0.15, 0.2) is 0 Å². The van der Waals surface area contributed by atoms with E-state index in [4.69, 9.17) is 4.74 Å². The summed E-state index contributed by atoms with van der Waals surface area (Å²) >= 11 is 0. The van der Waals surface area contributed by atoms with E-state index in [0.717, 1.165) is 54.4 Å². The largest absolute Gasteiger partial charge is 0.459 e. The standard InChI is InChI=1S/C28H28N2O2/c29-19-25-18-23(14-15-26(25)24-12-6-2-7-13-24)20-30-28(16-8-3-9-17-28)27(31)32-21-22-10-4-1-5-11-22/h1-2,4-7,10-15,18,30H,3,8-9,16-17,20-21H2. The molecule has 0 unspecified atom stereocenters. The van der Waals surface area contributed by atoms with Crippen LogP contribution in [-0.2, 0) is 22.7 Å². The number of nitriles is 1. The van der Waals surface area contributed by atoms with Crippen molar-refractivity contribution in [3.63, 3.8) is 0 Å². The van der Waals surface area contributed by atoms with E-state index in [1.165, 1.54) is 0 Å². The molecule has 0 bridgehead atoms. The SMILES string of the molecule is N#Cc1cc(CNC2(C(=O)OCc3ccccc3)CCCCC2)ccc1-c1ccccc1. The molecule has 3 aromatic rings. The summed E-state index contributed by atoms with van der Waals surface area (Å²) in [7, 11) is 0. The van der Waals surface area contributed by atoms with Crippen LogP contribution in [0, 0.1) is 11.3 Å². The van der Waals surface area contributed by atoms with E-state index in [1.54, 1.807) is 0 Å². The molecular weight excluding hydrogens is 396 g/mol. The van der Waals surface area contributed by atoms with Crippen molar-refractivity contribution in [2.45, 2.75) is 50.8 Å². The van der Waals surface area contributed by atoms with E-state index < -0.39 is 5.54 Å². The summed E-state index contributed by atoms with van der Waals surface area (Å²) in [4.78, 5) is 13.1. The van der Waals surface area contributed by atoms with Gasteiger partial charge in [-0.1, -0.05) is 92.1 Å². The van der Waals surface area contributed by atoms with Crippen LogP contribution in [0.2, 0.25) is 0 Å². The van der Waals surface area contributed by atoms with Crippen LogP contribution in [-0.4, -0.2) is 11.5 Å². The van der Waals surface area contributed by atoms with Gasteiger partial charge in [0.2, 0.25) is 0 Å². The maximum Gasteiger partial charge on any atom is 0.326 e. The number of hydrogen-bond acceptors (Lipinski definition) is 4. The van der Waals surface area contributed by atoms with Gasteiger partial charge in [0.05, 0.1) is 11.6 Å². The maximum absolute atomic E-state index is 13.1. The van der Waals surface area contributed by atoms with Crippen LogP contribution in [0.1, 0.15) is 48.8 Å². The second-order valence-electron chi connectivity index (χ2n) is 8.42. The first kappa shape index (κ1) is 21.8. The summed E-state index contributed by atoms with van der Waals surface area (Å²) in [5.74, 6) is -0.178. The summed E-state index contributed by atoms with van der Waals surface area (Å²) in [5.41, 5.74) is 3.89. The number of nitrogens with zero attached hydrogens (tertiary/aromatic N) is 1. The van der Waals surface area contributed by atoms with E-state index in [1.807, 2.05) is 78.9 Å². The first-order chi connectivity index (χ1) is 15.7. The Morgan fingerprint density at radius 2 is 1.59 bits per heavy atom. The number of benzene rings is 3. The van der Waals surface area contributed by atoms with Gasteiger partial charge in [-0.15, -0.1) is 0 Å². The molecule has 4 rings (SSSR count). The Kier molecular flexibility index (Phi) is 6.99. The van der Waals surface area contributed by atoms with Crippen LogP contribution in [0.5, 0.6) is 0 Å². The van der Waals surface area contributed by atoms with Gasteiger partial charge in [-0.3, -0.25) is 10.1 Å². The van der Waals surface area contributed by atoms with Crippen molar-refractivity contribution in [2.24, 2.45) is 0 Å². The number of carbonyl (C=O) groups is 1. The summed E-state index contributed by atoms with van der Waals surface area (Å²) in [6.07, 6.45) is 4.69. The molecule has 0 aliphatic heterocycles. The van der Waals surface area contributed by atoms with Gasteiger partial charge >= 0.3 is 5.97 Å². The molecule has 0 radical (unpaired) electrons. The predicted octanol–water partition coefficient (Wildman–Crippen LogP) is 5.76. The van der Waals surface area contributed by atoms with E-state index in [0.29, 0.717) is 12.1 Å². The van der Waals surface area contributed by atoms with Crippen molar-refractivity contribution < 1.29 is 9.53 Å². The fourth-order valence-corrected chi connectivity index (χ4v) is 4.40. The molecule has 1 saturated carbocycles. The topological polar surface area (TPSA) is 62.1 Å². The highest BCUT2D eigenvalue weighted by Crippen LogP contribution is 2.31. The average Bonchev–Trinajstić information content (AvgIpc) is 2.87. The van der Waals surface area contributed by atoms with Gasteiger partial charge in [-0.05, 0) is 41.2 Å². The molecule has 32 heavy (non-hydrogen) atoms. The fraction of sp³-hybridized carbons (Fsp3) is 0.286. The molecule has 0 amide bonds. The van der Waals surface area contributed by atoms with Crippen molar-refractivity contribution in [2.75, 3.05) is 0 Å². The van der Waals surface area contributed by atoms with Gasteiger partial charge in [-0.2, -0.15) is 5.26 Å². The van der Waals surface area contributed by atoms with Crippen LogP contribution in [0.25, 0.3) is 11.1 Å². The third-order valence-corrected chi connectivity index (χ3v) is 6.23. The van der Waals surface area contributed by atoms with E-state index in [2.05, 4.69) is 11.4 Å². The van der Waals surface area contributed by atoms with Crippen LogP contribution in [0.3, 0.4) is 0 Å². The van der Waals surface area contributed by atoms with Crippen LogP contribution >= 0.6 is 0 Å². The second-order valence-corrected chi connectivity index (χ2v) is 8.42. The van der Waals surface area contributed by atoms with Gasteiger partial charge in [0, 0.05) is 6.54 Å². The van der Waals surface area contributed by atoms with Gasteiger partial charge in [-0.25, -0.2) is 0 Å². The number of ether oxygens (including phenoxy) is 1. The van der Waals surface area contributed by atoms with Crippen molar-refractivity contribution in [3.8, 4) is 17.2 Å². The number of nitrogens with one attached hydrogen (secondary N) is 1. The van der Waals surface area contributed by atoms with E-state index in [9.17, 15) is 10.1 Å². The second kappa shape index (κ2) is 10.3. The zero-order valence-electron chi connectivity index (χ0n) is 18.2. The lowest BCUT2D eigenvalue weighted by atomic mass is 9.81. The van der Waals surface area contributed by atoms with Crippen molar-refractivity contribution in [3.05, 3.63) is 95.6 Å². The summed E-state index contributed by atoms with van der Waals surface area (Å²) in [6, 6.07) is 28.0. The highest BCUT2D eigenvalue weighted by atomic mass is 16.5. The van der Waals surface area contributed by atoms with Gasteiger partial charge in [0.1, 0.15) is 12.1 Å². The zero-order valence-corrected chi connectivity index (χ0v) is 18.2. The van der Waals surface area contributed by atoms with Crippen molar-refractivity contribution in [1.29, 1.82) is 5.26 Å². The first-order valence-electron chi connectivity index (χ1n) is 11.2. The number of carbonyl (C=O) groups excluding carboxylic acids is 1. The van der Waals surface area contributed by atoms with Gasteiger partial charge in [0.25, 0.3) is 0 Å². The molecule has 3 aromatic carbocycles. The molecule has 162 valence electrons. The van der Waals surface area contributed by atoms with Crippen LogP contribution in [0.15, 0.2) is 78.9 Å². The molecule has 0 spiro atoms. The Hall–Kier alpha value is -3.42. The zero-order chi connectivity index (χ0) is 22.2. The Labute approximate surface area is 189 Å². The first-order valence-corrected chi connectivity index (χ1v) is 11.2. The van der Waals surface area contributed by atoms with Gasteiger partial charge < -0.3 is 4.74 Å². The highest BCUT2D eigenvalue weighted by molar-refractivity contribution is 5.81. The molecule has 0 saturated heterocycles. The molecule has 0 aromatic heterocycles. The lowest BCUT2D eigenvalue weighted by Crippen LogP contribution is -2.53. The summed E-state index contributed by atoms with van der Waals surface area (Å²) in [5, 5.41) is 13.2. The van der Waals surface area contributed by atoms with Crippen LogP contribution < -0.4 is 5.32 Å². The average molecular weight is 425 g/mol. The molecule has 1 aliphatic carbocycles. The van der Waals surface area contributed by atoms with E-state index >= 15 is 0 Å². The molecule has 0 heterocycles. The molecule has 4 heteroatoms. The third kappa shape index (κ3) is 5.07. The third-order valence-electron chi connectivity index (χ3n) is 6.23.